The second kappa shape index (κ2) is 86.0. The molecule has 96 heavy (non-hydrogen) atoms. The highest BCUT2D eigenvalue weighted by Gasteiger charge is 2.20. The highest BCUT2D eigenvalue weighted by atomic mass is 16.5. The van der Waals surface area contributed by atoms with Gasteiger partial charge in [0.25, 0.3) is 0 Å². The molecule has 6 heteroatoms. The summed E-state index contributed by atoms with van der Waals surface area (Å²) in [5.41, 5.74) is 0. The number of hydrogen-bond acceptors (Lipinski definition) is 5. The average molecular weight is 1350 g/mol. The third kappa shape index (κ3) is 81.6. The van der Waals surface area contributed by atoms with Gasteiger partial charge in [-0.3, -0.25) is 9.59 Å². The molecule has 2 atom stereocenters. The Balaban J connectivity index is 3.29. The van der Waals surface area contributed by atoms with Gasteiger partial charge in [0.15, 0.2) is 0 Å². The number of rotatable bonds is 86. The predicted molar refractivity (Wildman–Crippen MR) is 426 cm³/mol. The van der Waals surface area contributed by atoms with E-state index in [1.54, 1.807) is 0 Å². The molecule has 0 saturated carbocycles. The Morgan fingerprint density at radius 3 is 0.740 bits per heavy atom. The lowest BCUT2D eigenvalue weighted by atomic mass is 10.0. The van der Waals surface area contributed by atoms with Crippen LogP contribution in [-0.2, 0) is 14.3 Å². The standard InChI is InChI=1S/C90H177NO5/c1-3-5-7-9-11-13-15-17-19-21-22-23-41-44-47-51-54-58-62-66-70-74-78-82-88(93)87(86-92)91-89(94)83-79-75-71-67-63-59-55-52-48-45-42-39-37-35-33-31-29-27-25-24-26-28-30-32-34-36-38-40-43-46-49-53-57-61-65-69-73-77-81-85-96-90(95)84-80-76-72-68-64-60-56-50-20-18-16-14-12-10-8-6-4-2/h18,20,87-88,92-93H,3-17,19,21-86H2,1-2H3,(H,91,94)/b20-18-. The minimum absolute atomic E-state index is 0.0221. The number of aliphatic hydroxyl groups excluding tert-OH is 2. The number of ether oxygens (including phenoxy) is 1. The van der Waals surface area contributed by atoms with Gasteiger partial charge in [-0.2, -0.15) is 0 Å². The van der Waals surface area contributed by atoms with Crippen LogP contribution in [0.1, 0.15) is 528 Å². The molecule has 0 aliphatic heterocycles. The van der Waals surface area contributed by atoms with Crippen LogP contribution in [0.3, 0.4) is 0 Å². The number of carbonyl (C=O) groups excluding carboxylic acids is 2. The molecule has 0 aromatic heterocycles. The Morgan fingerprint density at radius 2 is 0.490 bits per heavy atom. The Labute approximate surface area is 603 Å². The molecule has 0 rings (SSSR count). The summed E-state index contributed by atoms with van der Waals surface area (Å²) in [6.45, 7) is 5.02. The number of hydrogen-bond donors (Lipinski definition) is 3. The van der Waals surface area contributed by atoms with Crippen LogP contribution >= 0.6 is 0 Å². The van der Waals surface area contributed by atoms with E-state index in [0.717, 1.165) is 38.5 Å². The molecular weight excluding hydrogens is 1170 g/mol. The highest BCUT2D eigenvalue weighted by molar-refractivity contribution is 5.76. The van der Waals surface area contributed by atoms with Crippen molar-refractivity contribution < 1.29 is 24.5 Å². The molecule has 0 aromatic rings. The fourth-order valence-electron chi connectivity index (χ4n) is 14.8. The summed E-state index contributed by atoms with van der Waals surface area (Å²) in [4.78, 5) is 24.7. The van der Waals surface area contributed by atoms with Gasteiger partial charge in [-0.05, 0) is 51.4 Å². The minimum atomic E-state index is -0.661. The lowest BCUT2D eigenvalue weighted by Gasteiger charge is -2.22. The lowest BCUT2D eigenvalue weighted by Crippen LogP contribution is -2.45. The summed E-state index contributed by atoms with van der Waals surface area (Å²) in [6, 6.07) is -0.538. The van der Waals surface area contributed by atoms with E-state index >= 15 is 0 Å². The van der Waals surface area contributed by atoms with Crippen molar-refractivity contribution in [2.45, 2.75) is 540 Å². The van der Waals surface area contributed by atoms with Crippen LogP contribution in [-0.4, -0.2) is 47.4 Å². The summed E-state index contributed by atoms with van der Waals surface area (Å²) < 4.78 is 5.52. The summed E-state index contributed by atoms with van der Waals surface area (Å²) in [7, 11) is 0. The van der Waals surface area contributed by atoms with Crippen LogP contribution < -0.4 is 5.32 Å². The molecule has 0 fully saturated rings. The molecule has 3 N–H and O–H groups in total. The topological polar surface area (TPSA) is 95.9 Å². The maximum Gasteiger partial charge on any atom is 0.305 e. The van der Waals surface area contributed by atoms with Crippen LogP contribution in [0.2, 0.25) is 0 Å². The first-order chi connectivity index (χ1) is 47.5. The van der Waals surface area contributed by atoms with Gasteiger partial charge in [0.05, 0.1) is 25.4 Å². The Kier molecular flexibility index (Phi) is 84.8. The van der Waals surface area contributed by atoms with Crippen LogP contribution in [0.5, 0.6) is 0 Å². The van der Waals surface area contributed by atoms with Crippen molar-refractivity contribution in [2.24, 2.45) is 0 Å². The molecule has 6 nitrogen and oxygen atoms in total. The smallest absolute Gasteiger partial charge is 0.305 e. The number of esters is 1. The zero-order valence-electron chi connectivity index (χ0n) is 65.9. The maximum absolute atomic E-state index is 12.6. The van der Waals surface area contributed by atoms with Crippen LogP contribution in [0, 0.1) is 0 Å². The Hall–Kier alpha value is -1.40. The number of unbranched alkanes of at least 4 members (excludes halogenated alkanes) is 73. The van der Waals surface area contributed by atoms with E-state index in [1.807, 2.05) is 0 Å². The SMILES string of the molecule is CCCCCCCC/C=C\CCCCCCCCCC(=O)OCCCCCCCCCCCCCCCCCCCCCCCCCCCCCCCCCCCCCCCCCC(=O)NC(CO)C(O)CCCCCCCCCCCCCCCCCCCCCCCCC. The highest BCUT2D eigenvalue weighted by Crippen LogP contribution is 2.22. The molecule has 2 unspecified atom stereocenters. The largest absolute Gasteiger partial charge is 0.466 e. The first-order valence-corrected chi connectivity index (χ1v) is 44.9. The zero-order chi connectivity index (χ0) is 69.1. The first kappa shape index (κ1) is 94.6. The Bertz CT molecular complexity index is 1470. The molecule has 0 aliphatic carbocycles. The second-order valence-electron chi connectivity index (χ2n) is 31.3. The first-order valence-electron chi connectivity index (χ1n) is 44.9. The van der Waals surface area contributed by atoms with Gasteiger partial charge >= 0.3 is 5.97 Å². The van der Waals surface area contributed by atoms with E-state index in [9.17, 15) is 19.8 Å². The van der Waals surface area contributed by atoms with Crippen molar-refractivity contribution in [3.63, 3.8) is 0 Å². The number of carbonyl (C=O) groups is 2. The normalized spacial score (nSPS) is 12.4. The quantitative estimate of drug-likeness (QED) is 0.0320. The van der Waals surface area contributed by atoms with E-state index in [0.29, 0.717) is 25.9 Å². The van der Waals surface area contributed by atoms with Gasteiger partial charge in [-0.1, -0.05) is 475 Å². The molecule has 0 aliphatic rings. The molecular formula is C90H177NO5. The van der Waals surface area contributed by atoms with Gasteiger partial charge in [0.1, 0.15) is 0 Å². The van der Waals surface area contributed by atoms with Crippen molar-refractivity contribution >= 4 is 11.9 Å². The van der Waals surface area contributed by atoms with E-state index in [2.05, 4.69) is 31.3 Å². The number of allylic oxidation sites excluding steroid dienone is 2. The number of amides is 1. The molecule has 0 saturated heterocycles. The number of nitrogens with one attached hydrogen (secondary N) is 1. The molecule has 1 amide bonds. The molecule has 0 bridgehead atoms. The zero-order valence-corrected chi connectivity index (χ0v) is 65.9. The minimum Gasteiger partial charge on any atom is -0.466 e. The van der Waals surface area contributed by atoms with Crippen molar-refractivity contribution in [3.05, 3.63) is 12.2 Å². The van der Waals surface area contributed by atoms with Crippen LogP contribution in [0.4, 0.5) is 0 Å². The predicted octanol–water partition coefficient (Wildman–Crippen LogP) is 30.2. The third-order valence-electron chi connectivity index (χ3n) is 21.6. The monoisotopic (exact) mass is 1350 g/mol. The van der Waals surface area contributed by atoms with Crippen molar-refractivity contribution in [3.8, 4) is 0 Å². The molecule has 0 heterocycles. The van der Waals surface area contributed by atoms with Gasteiger partial charge in [0.2, 0.25) is 5.91 Å². The second-order valence-corrected chi connectivity index (χ2v) is 31.3. The average Bonchev–Trinajstić information content (AvgIpc) is 3.15. The van der Waals surface area contributed by atoms with Crippen molar-refractivity contribution in [1.82, 2.24) is 5.32 Å². The van der Waals surface area contributed by atoms with Crippen molar-refractivity contribution in [1.29, 1.82) is 0 Å². The van der Waals surface area contributed by atoms with E-state index in [4.69, 9.17) is 4.74 Å². The van der Waals surface area contributed by atoms with Crippen LogP contribution in [0.25, 0.3) is 0 Å². The lowest BCUT2D eigenvalue weighted by molar-refractivity contribution is -0.143. The number of aliphatic hydroxyl groups is 2. The molecule has 0 spiro atoms. The van der Waals surface area contributed by atoms with Crippen LogP contribution in [0.15, 0.2) is 12.2 Å². The van der Waals surface area contributed by atoms with E-state index in [-0.39, 0.29) is 18.5 Å². The maximum atomic E-state index is 12.6. The van der Waals surface area contributed by atoms with Gasteiger partial charge in [-0.15, -0.1) is 0 Å². The van der Waals surface area contributed by atoms with E-state index in [1.165, 1.54) is 456 Å². The summed E-state index contributed by atoms with van der Waals surface area (Å²) in [5, 5.41) is 23.5. The summed E-state index contributed by atoms with van der Waals surface area (Å²) >= 11 is 0. The summed E-state index contributed by atoms with van der Waals surface area (Å²) in [6.07, 6.45) is 111. The molecule has 0 aromatic carbocycles. The van der Waals surface area contributed by atoms with Crippen molar-refractivity contribution in [2.75, 3.05) is 13.2 Å². The fraction of sp³-hybridized carbons (Fsp3) is 0.956. The Morgan fingerprint density at radius 1 is 0.281 bits per heavy atom. The molecule has 0 radical (unpaired) electrons. The van der Waals surface area contributed by atoms with E-state index < -0.39 is 12.1 Å². The molecule has 572 valence electrons. The fourth-order valence-corrected chi connectivity index (χ4v) is 14.8. The van der Waals surface area contributed by atoms with Gasteiger partial charge in [-0.25, -0.2) is 0 Å². The van der Waals surface area contributed by atoms with Gasteiger partial charge < -0.3 is 20.3 Å². The van der Waals surface area contributed by atoms with Gasteiger partial charge in [0, 0.05) is 12.8 Å². The summed E-state index contributed by atoms with van der Waals surface area (Å²) in [5.74, 6) is 0.0000516. The third-order valence-corrected chi connectivity index (χ3v) is 21.6.